The van der Waals surface area contributed by atoms with Gasteiger partial charge in [0.1, 0.15) is 18.2 Å². The van der Waals surface area contributed by atoms with Crippen molar-refractivity contribution in [3.8, 4) is 5.75 Å². The fourth-order valence-corrected chi connectivity index (χ4v) is 2.12. The maximum absolute atomic E-state index is 13.2. The van der Waals surface area contributed by atoms with Crippen LogP contribution in [0.25, 0.3) is 0 Å². The molecule has 0 saturated heterocycles. The monoisotopic (exact) mass is 284 g/mol. The van der Waals surface area contributed by atoms with E-state index in [4.69, 9.17) is 4.74 Å². The van der Waals surface area contributed by atoms with Crippen LogP contribution >= 0.6 is 0 Å². The Morgan fingerprint density at radius 2 is 1.85 bits per heavy atom. The molecule has 0 heterocycles. The van der Waals surface area contributed by atoms with E-state index in [1.54, 1.807) is 0 Å². The molecule has 0 aliphatic heterocycles. The van der Waals surface area contributed by atoms with Gasteiger partial charge in [-0.25, -0.2) is 4.39 Å². The van der Waals surface area contributed by atoms with E-state index in [0.29, 0.717) is 25.2 Å². The zero-order valence-corrected chi connectivity index (χ0v) is 12.3. The number of nitrogens with zero attached hydrogens (tertiary/aromatic N) is 2. The lowest BCUT2D eigenvalue weighted by Gasteiger charge is -2.30. The summed E-state index contributed by atoms with van der Waals surface area (Å²) in [4.78, 5) is 12.2. The van der Waals surface area contributed by atoms with Crippen molar-refractivity contribution in [3.05, 3.63) is 34.1 Å². The third-order valence-electron chi connectivity index (χ3n) is 3.01. The van der Waals surface area contributed by atoms with E-state index in [1.165, 1.54) is 6.07 Å². The quantitative estimate of drug-likeness (QED) is 0.570. The second-order valence-electron chi connectivity index (χ2n) is 5.18. The molecule has 20 heavy (non-hydrogen) atoms. The van der Waals surface area contributed by atoms with Crippen molar-refractivity contribution in [1.82, 2.24) is 4.90 Å². The van der Waals surface area contributed by atoms with Gasteiger partial charge >= 0.3 is 0 Å². The average Bonchev–Trinajstić information content (AvgIpc) is 2.32. The Bertz CT molecular complexity index is 456. The van der Waals surface area contributed by atoms with Crippen molar-refractivity contribution in [2.75, 3.05) is 13.2 Å². The second-order valence-corrected chi connectivity index (χ2v) is 5.18. The Labute approximate surface area is 118 Å². The Morgan fingerprint density at radius 1 is 1.25 bits per heavy atom. The molecule has 0 bridgehead atoms. The molecule has 0 atom stereocenters. The number of ether oxygens (including phenoxy) is 1. The molecule has 5 nitrogen and oxygen atoms in total. The molecule has 0 radical (unpaired) electrons. The summed E-state index contributed by atoms with van der Waals surface area (Å²) in [5, 5.41) is 10.6. The van der Waals surface area contributed by atoms with Crippen LogP contribution in [0.15, 0.2) is 18.2 Å². The number of nitro groups is 1. The predicted molar refractivity (Wildman–Crippen MR) is 75.5 cm³/mol. The van der Waals surface area contributed by atoms with Crippen LogP contribution in [0.2, 0.25) is 0 Å². The number of nitro benzene ring substituents is 1. The van der Waals surface area contributed by atoms with Gasteiger partial charge < -0.3 is 4.74 Å². The van der Waals surface area contributed by atoms with Gasteiger partial charge in [0.15, 0.2) is 0 Å². The predicted octanol–water partition coefficient (Wildman–Crippen LogP) is 3.23. The van der Waals surface area contributed by atoms with Gasteiger partial charge in [0.05, 0.1) is 17.1 Å². The number of hydrogen-bond donors (Lipinski definition) is 0. The number of non-ortho nitro benzene ring substituents is 1. The molecule has 0 N–H and O–H groups in total. The maximum Gasteiger partial charge on any atom is 0.276 e. The summed E-state index contributed by atoms with van der Waals surface area (Å²) in [5.74, 6) is -0.483. The van der Waals surface area contributed by atoms with E-state index >= 15 is 0 Å². The first-order valence-electron chi connectivity index (χ1n) is 6.64. The largest absolute Gasteiger partial charge is 0.492 e. The molecule has 0 saturated carbocycles. The van der Waals surface area contributed by atoms with Crippen LogP contribution in [0.4, 0.5) is 10.1 Å². The average molecular weight is 284 g/mol. The lowest BCUT2D eigenvalue weighted by atomic mass is 10.2. The van der Waals surface area contributed by atoms with E-state index in [2.05, 4.69) is 32.6 Å². The SMILES string of the molecule is CC(C)N(CCOc1cc(F)cc([N+](=O)[O-])c1)C(C)C. The fraction of sp³-hybridized carbons (Fsp3) is 0.571. The van der Waals surface area contributed by atoms with Crippen LogP contribution < -0.4 is 4.74 Å². The van der Waals surface area contributed by atoms with Crippen LogP contribution in [-0.4, -0.2) is 35.1 Å². The van der Waals surface area contributed by atoms with E-state index in [9.17, 15) is 14.5 Å². The highest BCUT2D eigenvalue weighted by Gasteiger charge is 2.14. The van der Waals surface area contributed by atoms with Crippen LogP contribution in [-0.2, 0) is 0 Å². The van der Waals surface area contributed by atoms with Crippen LogP contribution in [0.3, 0.4) is 0 Å². The third-order valence-corrected chi connectivity index (χ3v) is 3.01. The molecule has 1 aromatic rings. The highest BCUT2D eigenvalue weighted by Crippen LogP contribution is 2.21. The minimum atomic E-state index is -0.668. The van der Waals surface area contributed by atoms with Crippen LogP contribution in [0.1, 0.15) is 27.7 Å². The van der Waals surface area contributed by atoms with Gasteiger partial charge in [-0.15, -0.1) is 0 Å². The molecule has 0 fully saturated rings. The highest BCUT2D eigenvalue weighted by molar-refractivity contribution is 5.38. The molecule has 0 amide bonds. The van der Waals surface area contributed by atoms with Crippen molar-refractivity contribution in [2.24, 2.45) is 0 Å². The molecule has 6 heteroatoms. The third kappa shape index (κ3) is 4.77. The zero-order chi connectivity index (χ0) is 15.3. The summed E-state index contributed by atoms with van der Waals surface area (Å²) < 4.78 is 18.7. The fourth-order valence-electron chi connectivity index (χ4n) is 2.12. The summed E-state index contributed by atoms with van der Waals surface area (Å²) in [7, 11) is 0. The molecule has 0 unspecified atom stereocenters. The molecule has 0 aromatic heterocycles. The van der Waals surface area contributed by atoms with E-state index in [-0.39, 0.29) is 11.4 Å². The first kappa shape index (κ1) is 16.4. The van der Waals surface area contributed by atoms with E-state index in [0.717, 1.165) is 12.1 Å². The number of halogens is 1. The summed E-state index contributed by atoms with van der Waals surface area (Å²) in [6.45, 7) is 9.40. The maximum atomic E-state index is 13.2. The standard InChI is InChI=1S/C14H21FN2O3/c1-10(2)16(11(3)4)5-6-20-14-8-12(15)7-13(9-14)17(18)19/h7-11H,5-6H2,1-4H3. The van der Waals surface area contributed by atoms with Crippen molar-refractivity contribution >= 4 is 5.69 Å². The van der Waals surface area contributed by atoms with Gasteiger partial charge in [-0.2, -0.15) is 0 Å². The minimum absolute atomic E-state index is 0.184. The summed E-state index contributed by atoms with van der Waals surface area (Å²) in [5.41, 5.74) is -0.301. The summed E-state index contributed by atoms with van der Waals surface area (Å²) in [6, 6.07) is 4.02. The lowest BCUT2D eigenvalue weighted by Crippen LogP contribution is -2.39. The van der Waals surface area contributed by atoms with Crippen molar-refractivity contribution < 1.29 is 14.1 Å². The van der Waals surface area contributed by atoms with Crippen LogP contribution in [0, 0.1) is 15.9 Å². The van der Waals surface area contributed by atoms with Gasteiger partial charge in [0, 0.05) is 24.7 Å². The molecule has 1 aromatic carbocycles. The normalized spacial score (nSPS) is 11.4. The molecular formula is C14H21FN2O3. The molecule has 0 aliphatic rings. The van der Waals surface area contributed by atoms with Crippen molar-refractivity contribution in [1.29, 1.82) is 0 Å². The first-order chi connectivity index (χ1) is 9.31. The summed E-state index contributed by atoms with van der Waals surface area (Å²) >= 11 is 0. The van der Waals surface area contributed by atoms with Crippen molar-refractivity contribution in [2.45, 2.75) is 39.8 Å². The van der Waals surface area contributed by atoms with Gasteiger partial charge in [-0.05, 0) is 27.7 Å². The Kier molecular flexibility index (Phi) is 5.88. The van der Waals surface area contributed by atoms with E-state index in [1.807, 2.05) is 0 Å². The molecular weight excluding hydrogens is 263 g/mol. The van der Waals surface area contributed by atoms with Gasteiger partial charge in [0.2, 0.25) is 0 Å². The molecule has 112 valence electrons. The van der Waals surface area contributed by atoms with Crippen LogP contribution in [0.5, 0.6) is 5.75 Å². The smallest absolute Gasteiger partial charge is 0.276 e. The number of rotatable bonds is 7. The van der Waals surface area contributed by atoms with Crippen molar-refractivity contribution in [3.63, 3.8) is 0 Å². The zero-order valence-electron chi connectivity index (χ0n) is 12.3. The van der Waals surface area contributed by atoms with Gasteiger partial charge in [-0.3, -0.25) is 15.0 Å². The first-order valence-corrected chi connectivity index (χ1v) is 6.64. The number of hydrogen-bond acceptors (Lipinski definition) is 4. The Hall–Kier alpha value is -1.69. The van der Waals surface area contributed by atoms with Gasteiger partial charge in [-0.1, -0.05) is 0 Å². The second kappa shape index (κ2) is 7.19. The topological polar surface area (TPSA) is 55.6 Å². The molecule has 0 aliphatic carbocycles. The Morgan fingerprint density at radius 3 is 2.35 bits per heavy atom. The van der Waals surface area contributed by atoms with E-state index < -0.39 is 10.7 Å². The lowest BCUT2D eigenvalue weighted by molar-refractivity contribution is -0.385. The molecule has 0 spiro atoms. The number of benzene rings is 1. The Balaban J connectivity index is 2.64. The molecule has 1 rings (SSSR count). The van der Waals surface area contributed by atoms with Gasteiger partial charge in [0.25, 0.3) is 5.69 Å². The summed E-state index contributed by atoms with van der Waals surface area (Å²) in [6.07, 6.45) is 0. The highest BCUT2D eigenvalue weighted by atomic mass is 19.1. The minimum Gasteiger partial charge on any atom is -0.492 e.